The summed E-state index contributed by atoms with van der Waals surface area (Å²) in [4.78, 5) is 35.4. The molecule has 0 bridgehead atoms. The van der Waals surface area contributed by atoms with Gasteiger partial charge in [-0.1, -0.05) is 11.6 Å². The lowest BCUT2D eigenvalue weighted by Crippen LogP contribution is -2.37. The summed E-state index contributed by atoms with van der Waals surface area (Å²) in [6.45, 7) is 0.237. The molecule has 0 spiro atoms. The maximum Gasteiger partial charge on any atom is 0.338 e. The number of benzene rings is 1. The Labute approximate surface area is 114 Å². The van der Waals surface area contributed by atoms with Crippen molar-refractivity contribution in [1.82, 2.24) is 10.2 Å². The number of esters is 1. The predicted octanol–water partition coefficient (Wildman–Crippen LogP) is 1.05. The van der Waals surface area contributed by atoms with Gasteiger partial charge in [-0.05, 0) is 24.3 Å². The van der Waals surface area contributed by atoms with Crippen molar-refractivity contribution in [1.29, 1.82) is 0 Å². The second-order valence-electron chi connectivity index (χ2n) is 3.86. The average Bonchev–Trinajstić information content (AvgIpc) is 2.83. The van der Waals surface area contributed by atoms with E-state index >= 15 is 0 Å². The van der Waals surface area contributed by atoms with Gasteiger partial charge in [-0.3, -0.25) is 9.69 Å². The van der Waals surface area contributed by atoms with Crippen molar-refractivity contribution in [3.63, 3.8) is 0 Å². The van der Waals surface area contributed by atoms with E-state index in [1.165, 1.54) is 12.1 Å². The van der Waals surface area contributed by atoms with Crippen molar-refractivity contribution < 1.29 is 19.1 Å². The van der Waals surface area contributed by atoms with Crippen LogP contribution in [0.4, 0.5) is 4.79 Å². The minimum absolute atomic E-state index is 0.288. The molecule has 1 saturated heterocycles. The van der Waals surface area contributed by atoms with E-state index in [1.54, 1.807) is 12.1 Å². The monoisotopic (exact) mass is 282 g/mol. The van der Waals surface area contributed by atoms with E-state index in [9.17, 15) is 14.4 Å². The third-order valence-corrected chi connectivity index (χ3v) is 2.82. The molecule has 1 aromatic carbocycles. The number of amides is 3. The predicted molar refractivity (Wildman–Crippen MR) is 66.8 cm³/mol. The van der Waals surface area contributed by atoms with Gasteiger partial charge in [0.05, 0.1) is 5.56 Å². The molecular formula is C12H11ClN2O4. The quantitative estimate of drug-likeness (QED) is 0.841. The van der Waals surface area contributed by atoms with Gasteiger partial charge in [0, 0.05) is 18.1 Å². The van der Waals surface area contributed by atoms with Crippen LogP contribution in [0.1, 0.15) is 10.4 Å². The van der Waals surface area contributed by atoms with Crippen LogP contribution in [0, 0.1) is 0 Å². The molecule has 0 atom stereocenters. The highest BCUT2D eigenvalue weighted by atomic mass is 35.5. The van der Waals surface area contributed by atoms with Gasteiger partial charge in [-0.15, -0.1) is 0 Å². The number of imide groups is 1. The van der Waals surface area contributed by atoms with Crippen LogP contribution in [0.25, 0.3) is 0 Å². The van der Waals surface area contributed by atoms with Gasteiger partial charge in [0.15, 0.2) is 6.61 Å². The molecule has 0 unspecified atom stereocenters. The highest BCUT2D eigenvalue weighted by Crippen LogP contribution is 2.10. The van der Waals surface area contributed by atoms with Crippen LogP contribution >= 0.6 is 11.6 Å². The van der Waals surface area contributed by atoms with E-state index in [2.05, 4.69) is 5.32 Å². The van der Waals surface area contributed by atoms with Gasteiger partial charge >= 0.3 is 12.0 Å². The molecule has 7 heteroatoms. The maximum atomic E-state index is 11.6. The summed E-state index contributed by atoms with van der Waals surface area (Å²) in [7, 11) is 0. The minimum Gasteiger partial charge on any atom is -0.452 e. The molecule has 19 heavy (non-hydrogen) atoms. The number of hydrogen-bond acceptors (Lipinski definition) is 4. The van der Waals surface area contributed by atoms with E-state index in [0.717, 1.165) is 4.90 Å². The zero-order valence-electron chi connectivity index (χ0n) is 9.89. The summed E-state index contributed by atoms with van der Waals surface area (Å²) in [5, 5.41) is 2.99. The smallest absolute Gasteiger partial charge is 0.338 e. The van der Waals surface area contributed by atoms with E-state index in [0.29, 0.717) is 17.1 Å². The van der Waals surface area contributed by atoms with Crippen LogP contribution in [0.3, 0.4) is 0 Å². The Balaban J connectivity index is 1.88. The summed E-state index contributed by atoms with van der Waals surface area (Å²) in [5.41, 5.74) is 0.295. The number of urea groups is 1. The highest BCUT2D eigenvalue weighted by molar-refractivity contribution is 6.30. The van der Waals surface area contributed by atoms with Crippen molar-refractivity contribution in [3.05, 3.63) is 34.9 Å². The molecule has 0 aliphatic carbocycles. The van der Waals surface area contributed by atoms with Crippen molar-refractivity contribution in [2.24, 2.45) is 0 Å². The zero-order chi connectivity index (χ0) is 13.8. The Kier molecular flexibility index (Phi) is 4.01. The number of carbonyl (C=O) groups excluding carboxylic acids is 3. The van der Waals surface area contributed by atoms with Crippen LogP contribution in [0.5, 0.6) is 0 Å². The number of ether oxygens (including phenoxy) is 1. The standard InChI is InChI=1S/C12H11ClN2O4/c13-9-3-1-8(2-4-9)11(17)19-7-10(16)15-6-5-14-12(15)18/h1-4H,5-7H2,(H,14,18). The normalized spacial score (nSPS) is 14.2. The molecule has 6 nitrogen and oxygen atoms in total. The largest absolute Gasteiger partial charge is 0.452 e. The lowest BCUT2D eigenvalue weighted by molar-refractivity contribution is -0.130. The second kappa shape index (κ2) is 5.71. The Morgan fingerprint density at radius 2 is 2.00 bits per heavy atom. The van der Waals surface area contributed by atoms with Gasteiger partial charge in [0.25, 0.3) is 5.91 Å². The molecule has 0 saturated carbocycles. The fourth-order valence-corrected chi connectivity index (χ4v) is 1.71. The van der Waals surface area contributed by atoms with Crippen LogP contribution < -0.4 is 5.32 Å². The summed E-state index contributed by atoms with van der Waals surface area (Å²) in [6.07, 6.45) is 0. The SMILES string of the molecule is O=C(OCC(=O)N1CCNC1=O)c1ccc(Cl)cc1. The first-order valence-corrected chi connectivity index (χ1v) is 5.96. The fourth-order valence-electron chi connectivity index (χ4n) is 1.58. The van der Waals surface area contributed by atoms with Crippen LogP contribution in [0.15, 0.2) is 24.3 Å². The molecule has 3 amide bonds. The van der Waals surface area contributed by atoms with Crippen molar-refractivity contribution in [2.45, 2.75) is 0 Å². The van der Waals surface area contributed by atoms with Gasteiger partial charge < -0.3 is 10.1 Å². The van der Waals surface area contributed by atoms with Crippen LogP contribution in [-0.2, 0) is 9.53 Å². The summed E-state index contributed by atoms with van der Waals surface area (Å²) in [6, 6.07) is 5.63. The number of carbonyl (C=O) groups is 3. The van der Waals surface area contributed by atoms with E-state index in [1.807, 2.05) is 0 Å². The fraction of sp³-hybridized carbons (Fsp3) is 0.250. The van der Waals surface area contributed by atoms with E-state index in [4.69, 9.17) is 16.3 Å². The number of nitrogens with one attached hydrogen (secondary N) is 1. The first-order chi connectivity index (χ1) is 9.08. The first-order valence-electron chi connectivity index (χ1n) is 5.59. The lowest BCUT2D eigenvalue weighted by Gasteiger charge is -2.12. The average molecular weight is 283 g/mol. The topological polar surface area (TPSA) is 75.7 Å². The van der Waals surface area contributed by atoms with Crippen molar-refractivity contribution in [2.75, 3.05) is 19.7 Å². The third kappa shape index (κ3) is 3.23. The molecule has 1 aliphatic rings. The second-order valence-corrected chi connectivity index (χ2v) is 4.30. The summed E-state index contributed by atoms with van der Waals surface area (Å²) in [5.74, 6) is -1.18. The van der Waals surface area contributed by atoms with Gasteiger partial charge in [-0.25, -0.2) is 9.59 Å². The number of hydrogen-bond donors (Lipinski definition) is 1. The molecule has 100 valence electrons. The number of halogens is 1. The molecule has 0 radical (unpaired) electrons. The number of rotatable bonds is 3. The molecule has 1 aromatic rings. The summed E-state index contributed by atoms with van der Waals surface area (Å²) >= 11 is 5.69. The van der Waals surface area contributed by atoms with Crippen molar-refractivity contribution >= 4 is 29.5 Å². The Bertz CT molecular complexity index is 515. The lowest BCUT2D eigenvalue weighted by atomic mass is 10.2. The Morgan fingerprint density at radius 3 is 2.58 bits per heavy atom. The molecule has 2 rings (SSSR count). The minimum atomic E-state index is -0.635. The number of nitrogens with zero attached hydrogens (tertiary/aromatic N) is 1. The molecule has 1 aliphatic heterocycles. The van der Waals surface area contributed by atoms with Gasteiger partial charge in [0.2, 0.25) is 0 Å². The molecule has 1 heterocycles. The van der Waals surface area contributed by atoms with Crippen LogP contribution in [-0.4, -0.2) is 42.5 Å². The first kappa shape index (κ1) is 13.4. The van der Waals surface area contributed by atoms with Crippen molar-refractivity contribution in [3.8, 4) is 0 Å². The molecule has 1 fully saturated rings. The Hall–Kier alpha value is -2.08. The molecule has 1 N–H and O–H groups in total. The molecule has 0 aromatic heterocycles. The van der Waals surface area contributed by atoms with Gasteiger partial charge in [0.1, 0.15) is 0 Å². The zero-order valence-corrected chi connectivity index (χ0v) is 10.6. The van der Waals surface area contributed by atoms with Gasteiger partial charge in [-0.2, -0.15) is 0 Å². The summed E-state index contributed by atoms with van der Waals surface area (Å²) < 4.78 is 4.84. The third-order valence-electron chi connectivity index (χ3n) is 2.56. The van der Waals surface area contributed by atoms with Crippen LogP contribution in [0.2, 0.25) is 5.02 Å². The van der Waals surface area contributed by atoms with E-state index in [-0.39, 0.29) is 6.54 Å². The maximum absolute atomic E-state index is 11.6. The Morgan fingerprint density at radius 1 is 1.32 bits per heavy atom. The highest BCUT2D eigenvalue weighted by Gasteiger charge is 2.26. The molecular weight excluding hydrogens is 272 g/mol. The van der Waals surface area contributed by atoms with E-state index < -0.39 is 24.5 Å².